The lowest BCUT2D eigenvalue weighted by molar-refractivity contribution is 0.331. The fourth-order valence-corrected chi connectivity index (χ4v) is 2.98. The van der Waals surface area contributed by atoms with Crippen molar-refractivity contribution >= 4 is 27.3 Å². The molecule has 0 unspecified atom stereocenters. The molecule has 2 rings (SSSR count). The van der Waals surface area contributed by atoms with E-state index < -0.39 is 10.0 Å². The van der Waals surface area contributed by atoms with Crippen LogP contribution in [0.25, 0.3) is 0 Å². The molecular formula is C11H19N5O2S. The highest BCUT2D eigenvalue weighted by molar-refractivity contribution is 7.88. The summed E-state index contributed by atoms with van der Waals surface area (Å²) in [5, 5.41) is 3.25. The fourth-order valence-electron chi connectivity index (χ4n) is 2.11. The highest BCUT2D eigenvalue weighted by atomic mass is 32.2. The molecule has 1 aliphatic rings. The van der Waals surface area contributed by atoms with Crippen molar-refractivity contribution in [2.75, 3.05) is 36.1 Å². The number of nitrogens with zero attached hydrogens (tertiary/aromatic N) is 2. The number of pyridine rings is 1. The topological polar surface area (TPSA) is 114 Å². The third-order valence-electron chi connectivity index (χ3n) is 3.23. The minimum absolute atomic E-state index is 0.202. The number of nitrogens with one attached hydrogen (secondary N) is 1. The molecule has 1 aromatic rings. The van der Waals surface area contributed by atoms with Gasteiger partial charge in [0.15, 0.2) is 0 Å². The summed E-state index contributed by atoms with van der Waals surface area (Å²) in [5.74, 6) is 0.975. The molecule has 1 saturated heterocycles. The van der Waals surface area contributed by atoms with Crippen LogP contribution in [0.15, 0.2) is 12.1 Å². The Kier molecular flexibility index (Phi) is 3.81. The summed E-state index contributed by atoms with van der Waals surface area (Å²) in [4.78, 5) is 4.14. The van der Waals surface area contributed by atoms with E-state index in [9.17, 15) is 8.42 Å². The minimum atomic E-state index is -3.08. The molecule has 19 heavy (non-hydrogen) atoms. The van der Waals surface area contributed by atoms with Crippen LogP contribution in [0.1, 0.15) is 12.8 Å². The molecular weight excluding hydrogens is 266 g/mol. The number of anilines is 3. The maximum atomic E-state index is 11.4. The van der Waals surface area contributed by atoms with E-state index >= 15 is 0 Å². The molecule has 0 saturated carbocycles. The minimum Gasteiger partial charge on any atom is -0.396 e. The first kappa shape index (κ1) is 13.9. The third kappa shape index (κ3) is 3.48. The van der Waals surface area contributed by atoms with Gasteiger partial charge in [0, 0.05) is 19.1 Å². The Bertz CT molecular complexity index is 552. The molecule has 1 fully saturated rings. The second-order valence-corrected chi connectivity index (χ2v) is 6.73. The van der Waals surface area contributed by atoms with Crippen LogP contribution < -0.4 is 16.8 Å². The van der Waals surface area contributed by atoms with E-state index in [1.165, 1.54) is 10.6 Å². The van der Waals surface area contributed by atoms with Crippen LogP contribution in [0.3, 0.4) is 0 Å². The first-order valence-electron chi connectivity index (χ1n) is 6.10. The van der Waals surface area contributed by atoms with Crippen molar-refractivity contribution in [3.8, 4) is 0 Å². The summed E-state index contributed by atoms with van der Waals surface area (Å²) in [6.07, 6.45) is 2.74. The van der Waals surface area contributed by atoms with Gasteiger partial charge in [-0.05, 0) is 25.0 Å². The van der Waals surface area contributed by atoms with Crippen molar-refractivity contribution in [1.29, 1.82) is 0 Å². The second-order valence-electron chi connectivity index (χ2n) is 4.75. The van der Waals surface area contributed by atoms with Gasteiger partial charge in [0.25, 0.3) is 0 Å². The van der Waals surface area contributed by atoms with Crippen molar-refractivity contribution in [3.63, 3.8) is 0 Å². The van der Waals surface area contributed by atoms with E-state index in [0.29, 0.717) is 30.4 Å². The predicted molar refractivity (Wildman–Crippen MR) is 76.1 cm³/mol. The average Bonchev–Trinajstić information content (AvgIpc) is 2.33. The van der Waals surface area contributed by atoms with Gasteiger partial charge in [-0.1, -0.05) is 0 Å². The predicted octanol–water partition coefficient (Wildman–Crippen LogP) is 0.0819. The van der Waals surface area contributed by atoms with E-state index in [4.69, 9.17) is 11.5 Å². The van der Waals surface area contributed by atoms with Crippen LogP contribution in [0, 0.1) is 0 Å². The zero-order chi connectivity index (χ0) is 14.0. The summed E-state index contributed by atoms with van der Waals surface area (Å²) < 4.78 is 24.3. The highest BCUT2D eigenvalue weighted by Crippen LogP contribution is 2.19. The molecule has 2 heterocycles. The zero-order valence-electron chi connectivity index (χ0n) is 10.8. The first-order chi connectivity index (χ1) is 8.86. The van der Waals surface area contributed by atoms with Gasteiger partial charge in [-0.15, -0.1) is 0 Å². The van der Waals surface area contributed by atoms with Crippen LogP contribution in [-0.4, -0.2) is 43.1 Å². The van der Waals surface area contributed by atoms with Crippen molar-refractivity contribution < 1.29 is 8.42 Å². The zero-order valence-corrected chi connectivity index (χ0v) is 11.7. The molecule has 5 N–H and O–H groups in total. The van der Waals surface area contributed by atoms with Crippen LogP contribution in [0.2, 0.25) is 0 Å². The van der Waals surface area contributed by atoms with Crippen LogP contribution in [0.5, 0.6) is 0 Å². The average molecular weight is 285 g/mol. The Morgan fingerprint density at radius 1 is 1.32 bits per heavy atom. The van der Waals surface area contributed by atoms with E-state index in [1.54, 1.807) is 12.1 Å². The van der Waals surface area contributed by atoms with Crippen LogP contribution >= 0.6 is 0 Å². The van der Waals surface area contributed by atoms with Crippen LogP contribution in [-0.2, 0) is 10.0 Å². The molecule has 106 valence electrons. The SMILES string of the molecule is CS(=O)(=O)N1CCC(Nc2ccc(N)c(N)n2)CC1. The molecule has 1 aromatic heterocycles. The molecule has 1 aliphatic heterocycles. The Labute approximate surface area is 113 Å². The highest BCUT2D eigenvalue weighted by Gasteiger charge is 2.24. The van der Waals surface area contributed by atoms with E-state index in [0.717, 1.165) is 12.8 Å². The van der Waals surface area contributed by atoms with E-state index in [-0.39, 0.29) is 6.04 Å². The van der Waals surface area contributed by atoms with E-state index in [2.05, 4.69) is 10.3 Å². The smallest absolute Gasteiger partial charge is 0.211 e. The van der Waals surface area contributed by atoms with Gasteiger partial charge in [0.1, 0.15) is 11.6 Å². The molecule has 0 atom stereocenters. The molecule has 0 aliphatic carbocycles. The number of rotatable bonds is 3. The first-order valence-corrected chi connectivity index (χ1v) is 7.95. The van der Waals surface area contributed by atoms with Gasteiger partial charge >= 0.3 is 0 Å². The molecule has 0 bridgehead atoms. The monoisotopic (exact) mass is 285 g/mol. The number of piperidine rings is 1. The maximum Gasteiger partial charge on any atom is 0.211 e. The quantitative estimate of drug-likeness (QED) is 0.724. The molecule has 7 nitrogen and oxygen atoms in total. The number of sulfonamides is 1. The standard InChI is InChI=1S/C11H19N5O2S/c1-19(17,18)16-6-4-8(5-7-16)14-10-3-2-9(12)11(13)15-10/h2-3,8H,4-7,12H2,1H3,(H3,13,14,15). The summed E-state index contributed by atoms with van der Waals surface area (Å²) in [6, 6.07) is 3.68. The Morgan fingerprint density at radius 2 is 1.95 bits per heavy atom. The maximum absolute atomic E-state index is 11.4. The van der Waals surface area contributed by atoms with Gasteiger partial charge in [0.2, 0.25) is 10.0 Å². The van der Waals surface area contributed by atoms with Gasteiger partial charge in [-0.2, -0.15) is 0 Å². The number of hydrogen-bond acceptors (Lipinski definition) is 6. The number of aromatic nitrogens is 1. The summed E-state index contributed by atoms with van der Waals surface area (Å²) in [7, 11) is -3.08. The lowest BCUT2D eigenvalue weighted by atomic mass is 10.1. The lowest BCUT2D eigenvalue weighted by Crippen LogP contribution is -2.41. The van der Waals surface area contributed by atoms with Crippen molar-refractivity contribution in [2.24, 2.45) is 0 Å². The number of nitrogens with two attached hydrogens (primary N) is 2. The third-order valence-corrected chi connectivity index (χ3v) is 4.54. The van der Waals surface area contributed by atoms with Crippen LogP contribution in [0.4, 0.5) is 17.3 Å². The normalized spacial score (nSPS) is 18.4. The van der Waals surface area contributed by atoms with E-state index in [1.807, 2.05) is 0 Å². The summed E-state index contributed by atoms with van der Waals surface area (Å²) in [6.45, 7) is 1.06. The summed E-state index contributed by atoms with van der Waals surface area (Å²) in [5.41, 5.74) is 11.7. The Morgan fingerprint density at radius 3 is 2.47 bits per heavy atom. The molecule has 0 spiro atoms. The van der Waals surface area contributed by atoms with Crippen molar-refractivity contribution in [3.05, 3.63) is 12.1 Å². The van der Waals surface area contributed by atoms with Gasteiger partial charge in [0.05, 0.1) is 11.9 Å². The van der Waals surface area contributed by atoms with Gasteiger partial charge in [-0.25, -0.2) is 17.7 Å². The lowest BCUT2D eigenvalue weighted by Gasteiger charge is -2.30. The second kappa shape index (κ2) is 5.22. The Balaban J connectivity index is 1.94. The number of hydrogen-bond donors (Lipinski definition) is 3. The van der Waals surface area contributed by atoms with Crippen molar-refractivity contribution in [2.45, 2.75) is 18.9 Å². The number of nitrogen functional groups attached to an aromatic ring is 2. The largest absolute Gasteiger partial charge is 0.396 e. The fraction of sp³-hybridized carbons (Fsp3) is 0.545. The molecule has 0 radical (unpaired) electrons. The van der Waals surface area contributed by atoms with Gasteiger partial charge < -0.3 is 16.8 Å². The van der Waals surface area contributed by atoms with Gasteiger partial charge in [-0.3, -0.25) is 0 Å². The summed E-state index contributed by atoms with van der Waals surface area (Å²) >= 11 is 0. The molecule has 8 heteroatoms. The molecule has 0 aromatic carbocycles. The Hall–Kier alpha value is -1.54. The molecule has 0 amide bonds. The van der Waals surface area contributed by atoms with Crippen molar-refractivity contribution in [1.82, 2.24) is 9.29 Å².